The highest BCUT2D eigenvalue weighted by molar-refractivity contribution is 7.18. The van der Waals surface area contributed by atoms with Crippen LogP contribution in [0.2, 0.25) is 0 Å². The van der Waals surface area contributed by atoms with Gasteiger partial charge in [0.2, 0.25) is 0 Å². The number of hydrogen-bond acceptors (Lipinski definition) is 9. The number of carbonyl (C=O) groups is 3. The van der Waals surface area contributed by atoms with E-state index >= 15 is 0 Å². The van der Waals surface area contributed by atoms with Crippen molar-refractivity contribution < 1.29 is 33.3 Å². The normalized spacial score (nSPS) is 10.5. The van der Waals surface area contributed by atoms with E-state index in [0.29, 0.717) is 11.3 Å². The predicted octanol–water partition coefficient (Wildman–Crippen LogP) is 2.67. The van der Waals surface area contributed by atoms with Crippen LogP contribution < -0.4 is 10.5 Å². The molecule has 9 heteroatoms. The minimum Gasteiger partial charge on any atom is -0.496 e. The summed E-state index contributed by atoms with van der Waals surface area (Å²) in [4.78, 5) is 36.1. The first kappa shape index (κ1) is 21.0. The number of rotatable bonds is 7. The fourth-order valence-electron chi connectivity index (χ4n) is 2.36. The maximum atomic E-state index is 12.1. The van der Waals surface area contributed by atoms with Crippen molar-refractivity contribution >= 4 is 40.3 Å². The van der Waals surface area contributed by atoms with E-state index in [2.05, 4.69) is 4.74 Å². The number of hydrogen-bond donors (Lipinski definition) is 1. The molecule has 0 aliphatic rings. The molecule has 0 radical (unpaired) electrons. The molecule has 1 heterocycles. The maximum Gasteiger partial charge on any atom is 0.348 e. The van der Waals surface area contributed by atoms with Gasteiger partial charge in [-0.1, -0.05) is 18.2 Å². The van der Waals surface area contributed by atoms with E-state index in [1.807, 2.05) is 0 Å². The predicted molar refractivity (Wildman–Crippen MR) is 103 cm³/mol. The molecule has 0 aliphatic heterocycles. The molecule has 0 spiro atoms. The summed E-state index contributed by atoms with van der Waals surface area (Å²) in [6, 6.07) is 7.13. The molecule has 0 fully saturated rings. The lowest BCUT2D eigenvalue weighted by molar-refractivity contribution is -0.138. The Bertz CT molecular complexity index is 917. The largest absolute Gasteiger partial charge is 0.496 e. The van der Waals surface area contributed by atoms with Gasteiger partial charge < -0.3 is 24.7 Å². The number of ether oxygens (including phenoxy) is 4. The Labute approximate surface area is 165 Å². The Kier molecular flexibility index (Phi) is 7.16. The summed E-state index contributed by atoms with van der Waals surface area (Å²) in [5.74, 6) is -1.51. The molecule has 0 saturated heterocycles. The van der Waals surface area contributed by atoms with Crippen molar-refractivity contribution in [2.75, 3.05) is 27.1 Å². The van der Waals surface area contributed by atoms with Gasteiger partial charge in [-0.15, -0.1) is 11.3 Å². The summed E-state index contributed by atoms with van der Waals surface area (Å²) < 4.78 is 19.8. The monoisotopic (exact) mass is 405 g/mol. The molecule has 1 aromatic heterocycles. The molecule has 148 valence electrons. The van der Waals surface area contributed by atoms with Crippen LogP contribution in [-0.2, 0) is 25.6 Å². The number of thiophene rings is 1. The molecule has 2 rings (SSSR count). The highest BCUT2D eigenvalue weighted by Gasteiger charge is 2.27. The van der Waals surface area contributed by atoms with Crippen LogP contribution in [0.1, 0.15) is 31.2 Å². The smallest absolute Gasteiger partial charge is 0.348 e. The fraction of sp³-hybridized carbons (Fsp3) is 0.211. The summed E-state index contributed by atoms with van der Waals surface area (Å²) in [6.45, 7) is -0.350. The third-order valence-electron chi connectivity index (χ3n) is 3.69. The van der Waals surface area contributed by atoms with Crippen molar-refractivity contribution in [3.05, 3.63) is 51.9 Å². The van der Waals surface area contributed by atoms with E-state index in [4.69, 9.17) is 19.9 Å². The third kappa shape index (κ3) is 4.68. The van der Waals surface area contributed by atoms with Crippen molar-refractivity contribution in [3.8, 4) is 5.75 Å². The van der Waals surface area contributed by atoms with E-state index in [9.17, 15) is 14.4 Å². The molecule has 28 heavy (non-hydrogen) atoms. The molecule has 0 atom stereocenters. The van der Waals surface area contributed by atoms with E-state index in [1.165, 1.54) is 33.5 Å². The van der Waals surface area contributed by atoms with Crippen molar-refractivity contribution in [2.45, 2.75) is 6.61 Å². The van der Waals surface area contributed by atoms with Gasteiger partial charge in [0.1, 0.15) is 27.8 Å². The van der Waals surface area contributed by atoms with E-state index < -0.39 is 17.9 Å². The average Bonchev–Trinajstić information content (AvgIpc) is 3.05. The Morgan fingerprint density at radius 1 is 1.07 bits per heavy atom. The Hall–Kier alpha value is -3.33. The number of para-hydroxylation sites is 1. The summed E-state index contributed by atoms with van der Waals surface area (Å²) in [5, 5.41) is 0.0721. The lowest BCUT2D eigenvalue weighted by Crippen LogP contribution is -2.11. The number of esters is 3. The standard InChI is InChI=1S/C19H19NO7S/c1-24-13-7-5-4-6-11(13)8-9-14(21)27-10-12-15(18(22)25-2)17(20)28-16(12)19(23)26-3/h4-9H,10,20H2,1-3H3/b9-8+. The van der Waals surface area contributed by atoms with Crippen LogP contribution >= 0.6 is 11.3 Å². The second kappa shape index (κ2) is 9.56. The molecule has 0 unspecified atom stereocenters. The number of nitrogens with two attached hydrogens (primary N) is 1. The van der Waals surface area contributed by atoms with Crippen LogP contribution in [0.25, 0.3) is 6.08 Å². The molecule has 2 N–H and O–H groups in total. The minimum atomic E-state index is -0.737. The van der Waals surface area contributed by atoms with Gasteiger partial charge in [0, 0.05) is 17.2 Å². The van der Waals surface area contributed by atoms with Crippen molar-refractivity contribution in [1.29, 1.82) is 0 Å². The van der Waals surface area contributed by atoms with Gasteiger partial charge in [0.15, 0.2) is 0 Å². The molecule has 0 amide bonds. The number of carbonyl (C=O) groups excluding carboxylic acids is 3. The second-order valence-electron chi connectivity index (χ2n) is 5.32. The molecule has 2 aromatic rings. The number of benzene rings is 1. The zero-order valence-electron chi connectivity index (χ0n) is 15.5. The Morgan fingerprint density at radius 2 is 1.75 bits per heavy atom. The van der Waals surface area contributed by atoms with Gasteiger partial charge in [-0.2, -0.15) is 0 Å². The fourth-order valence-corrected chi connectivity index (χ4v) is 3.34. The first-order valence-corrected chi connectivity index (χ1v) is 8.80. The summed E-state index contributed by atoms with van der Waals surface area (Å²) in [5.41, 5.74) is 6.63. The zero-order chi connectivity index (χ0) is 20.7. The van der Waals surface area contributed by atoms with Crippen LogP contribution in [0, 0.1) is 0 Å². The summed E-state index contributed by atoms with van der Waals surface area (Å²) >= 11 is 0.861. The number of nitrogen functional groups attached to an aromatic ring is 1. The Morgan fingerprint density at radius 3 is 2.39 bits per heavy atom. The first-order valence-electron chi connectivity index (χ1n) is 7.98. The maximum absolute atomic E-state index is 12.1. The summed E-state index contributed by atoms with van der Waals surface area (Å²) in [7, 11) is 3.90. The molecule has 0 saturated carbocycles. The van der Waals surface area contributed by atoms with Crippen LogP contribution in [0.3, 0.4) is 0 Å². The highest BCUT2D eigenvalue weighted by Crippen LogP contribution is 2.33. The molecule has 0 bridgehead atoms. The molecular weight excluding hydrogens is 386 g/mol. The minimum absolute atomic E-state index is 0.0191. The second-order valence-corrected chi connectivity index (χ2v) is 6.37. The van der Waals surface area contributed by atoms with E-state index in [-0.39, 0.29) is 27.6 Å². The van der Waals surface area contributed by atoms with Gasteiger partial charge in [-0.25, -0.2) is 14.4 Å². The highest BCUT2D eigenvalue weighted by atomic mass is 32.1. The molecule has 1 aromatic carbocycles. The van der Waals surface area contributed by atoms with Crippen LogP contribution in [-0.4, -0.2) is 39.2 Å². The van der Waals surface area contributed by atoms with Crippen molar-refractivity contribution in [3.63, 3.8) is 0 Å². The van der Waals surface area contributed by atoms with Crippen LogP contribution in [0.15, 0.2) is 30.3 Å². The lowest BCUT2D eigenvalue weighted by Gasteiger charge is -2.07. The van der Waals surface area contributed by atoms with Crippen LogP contribution in [0.4, 0.5) is 5.00 Å². The van der Waals surface area contributed by atoms with Gasteiger partial charge in [0.05, 0.1) is 21.3 Å². The Balaban J connectivity index is 2.21. The quantitative estimate of drug-likeness (QED) is 0.425. The van der Waals surface area contributed by atoms with Crippen LogP contribution in [0.5, 0.6) is 5.75 Å². The van der Waals surface area contributed by atoms with Crippen molar-refractivity contribution in [2.24, 2.45) is 0 Å². The summed E-state index contributed by atoms with van der Waals surface area (Å²) in [6.07, 6.45) is 2.74. The first-order chi connectivity index (χ1) is 13.4. The average molecular weight is 405 g/mol. The van der Waals surface area contributed by atoms with Crippen molar-refractivity contribution in [1.82, 2.24) is 0 Å². The topological polar surface area (TPSA) is 114 Å². The van der Waals surface area contributed by atoms with Gasteiger partial charge >= 0.3 is 17.9 Å². The zero-order valence-corrected chi connectivity index (χ0v) is 16.3. The van der Waals surface area contributed by atoms with Gasteiger partial charge in [-0.3, -0.25) is 0 Å². The van der Waals surface area contributed by atoms with E-state index in [0.717, 1.165) is 11.3 Å². The van der Waals surface area contributed by atoms with Gasteiger partial charge in [0.25, 0.3) is 0 Å². The number of anilines is 1. The third-order valence-corrected chi connectivity index (χ3v) is 4.73. The molecule has 8 nitrogen and oxygen atoms in total. The SMILES string of the molecule is COC(=O)c1sc(N)c(C(=O)OC)c1COC(=O)/C=C/c1ccccc1OC. The van der Waals surface area contributed by atoms with Gasteiger partial charge in [-0.05, 0) is 12.1 Å². The molecule has 0 aliphatic carbocycles. The molecular formula is C19H19NO7S. The number of methoxy groups -OCH3 is 3. The lowest BCUT2D eigenvalue weighted by atomic mass is 10.1. The van der Waals surface area contributed by atoms with E-state index in [1.54, 1.807) is 24.3 Å².